The van der Waals surface area contributed by atoms with Gasteiger partial charge < -0.3 is 64.4 Å². The van der Waals surface area contributed by atoms with E-state index in [1.54, 1.807) is 143 Å². The van der Waals surface area contributed by atoms with Crippen LogP contribution in [0.4, 0.5) is 14.4 Å². The third-order valence-corrected chi connectivity index (χ3v) is 18.0. The Balaban J connectivity index is 0.000000273. The molecule has 0 aromatic heterocycles. The molecule has 3 unspecified atom stereocenters. The highest BCUT2D eigenvalue weighted by atomic mass is 35.5. The maximum atomic E-state index is 14.4. The minimum atomic E-state index is -1.25. The van der Waals surface area contributed by atoms with Gasteiger partial charge in [0.2, 0.25) is 17.7 Å². The van der Waals surface area contributed by atoms with E-state index in [9.17, 15) is 43.2 Å². The number of aliphatic carboxylic acids is 1. The molecule has 0 bridgehead atoms. The summed E-state index contributed by atoms with van der Waals surface area (Å²) in [6.45, 7) is 34.8. The number of benzene rings is 4. The maximum absolute atomic E-state index is 14.4. The normalized spacial score (nSPS) is 19.5. The molecule has 2 fully saturated rings. The van der Waals surface area contributed by atoms with E-state index in [-0.39, 0.29) is 51.0 Å². The van der Waals surface area contributed by atoms with Gasteiger partial charge in [0.15, 0.2) is 0 Å². The second-order valence-electron chi connectivity index (χ2n) is 29.5. The predicted molar refractivity (Wildman–Crippen MR) is 405 cm³/mol. The molecule has 5 N–H and O–H groups in total. The highest BCUT2D eigenvalue weighted by Crippen LogP contribution is 2.47. The van der Waals surface area contributed by atoms with Crippen LogP contribution in [0.15, 0.2) is 136 Å². The first kappa shape index (κ1) is 85.6. The molecule has 6 amide bonds. The van der Waals surface area contributed by atoms with Crippen molar-refractivity contribution >= 4 is 77.1 Å². The number of hydrogen-bond donors (Lipinski definition) is 5. The van der Waals surface area contributed by atoms with Crippen LogP contribution >= 0.6 is 23.2 Å². The summed E-state index contributed by atoms with van der Waals surface area (Å²) in [4.78, 5) is 120. The Labute approximate surface area is 633 Å². The quantitative estimate of drug-likeness (QED) is 0.0140. The van der Waals surface area contributed by atoms with Crippen LogP contribution in [0.5, 0.6) is 23.0 Å². The van der Waals surface area contributed by atoms with E-state index in [4.69, 9.17) is 61.5 Å². The topological polar surface area (TPSA) is 293 Å². The Morgan fingerprint density at radius 2 is 0.925 bits per heavy atom. The number of nitrogens with one attached hydrogen (secondary N) is 4. The Bertz CT molecular complexity index is 3800. The molecule has 4 aromatic carbocycles. The van der Waals surface area contributed by atoms with Gasteiger partial charge in [0.05, 0.1) is 19.8 Å². The van der Waals surface area contributed by atoms with Crippen molar-refractivity contribution in [3.63, 3.8) is 0 Å². The summed E-state index contributed by atoms with van der Waals surface area (Å²) in [6, 6.07) is 21.4. The number of unbranched alkanes of at least 4 members (excludes halogenated alkanes) is 6. The second-order valence-corrected chi connectivity index (χ2v) is 30.4. The third kappa shape index (κ3) is 25.7. The molecule has 4 aliphatic rings. The van der Waals surface area contributed by atoms with Gasteiger partial charge in [-0.3, -0.25) is 19.3 Å². The van der Waals surface area contributed by atoms with Crippen LogP contribution in [-0.4, -0.2) is 134 Å². The summed E-state index contributed by atoms with van der Waals surface area (Å²) in [5, 5.41) is 21.1. The van der Waals surface area contributed by atoms with Gasteiger partial charge >= 0.3 is 36.2 Å². The average molecular weight is 1510 g/mol. The third-order valence-electron chi connectivity index (χ3n) is 17.5. The number of hydrogen-bond acceptors (Lipinski definition) is 16. The standard InChI is InChI=1S/C38H48ClN3O7.C29H33ClN2O6.C14H25NO4/c1-7-10-11-12-13-17-31(40-36(46)49-37(4,5)6)34(44)42-24-25-18-19-30(48-29-16-14-15-28(39)22-29)20-26(25)21-32(42)33(43)41-38(23-27(38)8-2)35(45)47-9-3;1-6-20-16-29(20,26(34)36-7-2)31-25(33)24-14-19-13-23(37-22-10-8-9-21(30)15-22)12-11-18(19)17-32(24)27(35)38-28(3,4)5;1-5-6-7-8-9-10-11(12(16)17)15-13(18)19-14(2,3)4/h7-8,14-16,18-20,22,27,31-32H,1-2,9-13,17,21,23-24H2,3-6H3,(H,40,46)(H,41,43);6,8-13,15,20,24H,1,7,14,16-17H2,2-5H3,(H,31,33);5,11H,1,6-10H2,2-4H3,(H,15,18)(H,16,17)/t27-,31+,32?,38-;20?,24?,29-;11-/m110/s1. The van der Waals surface area contributed by atoms with Gasteiger partial charge in [-0.15, -0.1) is 26.3 Å². The van der Waals surface area contributed by atoms with E-state index >= 15 is 0 Å². The summed E-state index contributed by atoms with van der Waals surface area (Å²) >= 11 is 12.2. The van der Waals surface area contributed by atoms with Crippen LogP contribution in [-0.2, 0) is 78.4 Å². The number of allylic oxidation sites excluding steroid dienone is 2. The van der Waals surface area contributed by atoms with E-state index in [1.807, 2.05) is 42.5 Å². The number of carbonyl (C=O) groups is 9. The van der Waals surface area contributed by atoms with Crippen molar-refractivity contribution in [1.82, 2.24) is 31.1 Å². The van der Waals surface area contributed by atoms with Crippen molar-refractivity contribution in [3.05, 3.63) is 168 Å². The minimum absolute atomic E-state index is 0.101. The monoisotopic (exact) mass is 1500 g/mol. The Morgan fingerprint density at radius 3 is 1.30 bits per heavy atom. The van der Waals surface area contributed by atoms with Crippen molar-refractivity contribution in [1.29, 1.82) is 0 Å². The van der Waals surface area contributed by atoms with Gasteiger partial charge in [-0.05, 0) is 210 Å². The molecule has 2 aliphatic carbocycles. The number of esters is 2. The Morgan fingerprint density at radius 1 is 0.528 bits per heavy atom. The van der Waals surface area contributed by atoms with Gasteiger partial charge in [-0.25, -0.2) is 28.8 Å². The van der Waals surface area contributed by atoms with Crippen LogP contribution in [0.3, 0.4) is 0 Å². The number of carboxylic acid groups (broad SMARTS) is 1. The van der Waals surface area contributed by atoms with E-state index in [0.29, 0.717) is 65.1 Å². The number of halogens is 2. The van der Waals surface area contributed by atoms with Crippen LogP contribution in [0.25, 0.3) is 0 Å². The number of amides is 6. The number of carbonyl (C=O) groups excluding carboxylic acids is 8. The summed E-state index contributed by atoms with van der Waals surface area (Å²) < 4.78 is 38.8. The summed E-state index contributed by atoms with van der Waals surface area (Å²) in [5.41, 5.74) is -1.21. The number of nitrogens with zero attached hydrogens (tertiary/aromatic N) is 2. The number of alkyl carbamates (subject to hydrolysis) is 2. The number of fused-ring (bicyclic) bond motifs is 2. The molecule has 8 rings (SSSR count). The molecule has 4 aromatic rings. The summed E-state index contributed by atoms with van der Waals surface area (Å²) in [5.74, 6) is -1.74. The van der Waals surface area contributed by atoms with E-state index < -0.39 is 106 Å². The largest absolute Gasteiger partial charge is 0.480 e. The summed E-state index contributed by atoms with van der Waals surface area (Å²) in [7, 11) is 0. The molecule has 2 saturated carbocycles. The van der Waals surface area contributed by atoms with Crippen molar-refractivity contribution in [3.8, 4) is 23.0 Å². The average Bonchev–Trinajstić information content (AvgIpc) is 1.58. The zero-order valence-electron chi connectivity index (χ0n) is 63.0. The van der Waals surface area contributed by atoms with Crippen LogP contribution < -0.4 is 30.7 Å². The van der Waals surface area contributed by atoms with E-state index in [2.05, 4.69) is 47.6 Å². The van der Waals surface area contributed by atoms with Crippen LogP contribution in [0.1, 0.15) is 175 Å². The van der Waals surface area contributed by atoms with Crippen LogP contribution in [0, 0.1) is 11.8 Å². The fraction of sp³-hybridized carbons (Fsp3) is 0.494. The summed E-state index contributed by atoms with van der Waals surface area (Å²) in [6.07, 6.45) is 13.6. The number of rotatable bonds is 30. The molecule has 0 saturated heterocycles. The van der Waals surface area contributed by atoms with Gasteiger partial charge in [-0.2, -0.15) is 0 Å². The second kappa shape index (κ2) is 38.8. The smallest absolute Gasteiger partial charge is 0.411 e. The lowest BCUT2D eigenvalue weighted by molar-refractivity contribution is -0.151. The molecule has 576 valence electrons. The van der Waals surface area contributed by atoms with Gasteiger partial charge in [-0.1, -0.05) is 97.5 Å². The lowest BCUT2D eigenvalue weighted by Gasteiger charge is -2.39. The van der Waals surface area contributed by atoms with Crippen LogP contribution in [0.2, 0.25) is 10.0 Å². The molecule has 106 heavy (non-hydrogen) atoms. The van der Waals surface area contributed by atoms with Crippen molar-refractivity contribution in [2.75, 3.05) is 13.2 Å². The van der Waals surface area contributed by atoms with Gasteiger partial charge in [0.1, 0.15) is 75.0 Å². The van der Waals surface area contributed by atoms with Gasteiger partial charge in [0, 0.05) is 41.3 Å². The first-order chi connectivity index (χ1) is 50.0. The fourth-order valence-corrected chi connectivity index (χ4v) is 12.5. The molecular weight excluding hydrogens is 1400 g/mol. The molecule has 0 spiro atoms. The van der Waals surface area contributed by atoms with E-state index in [0.717, 1.165) is 67.2 Å². The zero-order chi connectivity index (χ0) is 78.3. The first-order valence-corrected chi connectivity index (χ1v) is 36.8. The predicted octanol–water partition coefficient (Wildman–Crippen LogP) is 15.6. The first-order valence-electron chi connectivity index (χ1n) is 36.1. The minimum Gasteiger partial charge on any atom is -0.480 e. The lowest BCUT2D eigenvalue weighted by Crippen LogP contribution is -2.60. The Hall–Kier alpha value is -9.35. The van der Waals surface area contributed by atoms with E-state index in [1.165, 1.54) is 9.80 Å². The number of ether oxygens (including phenoxy) is 7. The Kier molecular flexibility index (Phi) is 31.3. The zero-order valence-corrected chi connectivity index (χ0v) is 64.6. The molecule has 2 aliphatic heterocycles. The molecule has 8 atom stereocenters. The van der Waals surface area contributed by atoms with Gasteiger partial charge in [0.25, 0.3) is 0 Å². The molecule has 2 heterocycles. The highest BCUT2D eigenvalue weighted by molar-refractivity contribution is 6.31. The van der Waals surface area contributed by atoms with Crippen molar-refractivity contribution in [2.24, 2.45) is 11.8 Å². The fourth-order valence-electron chi connectivity index (χ4n) is 12.2. The lowest BCUT2D eigenvalue weighted by atomic mass is 9.91. The SMILES string of the molecule is C=CC1C[C@]1(NC(=O)C1Cc2cc(Oc3cccc(Cl)c3)ccc2CN1C(=O)OC(C)(C)C)C(=O)OCC.C=CCCCCC[C@H](NC(=O)OC(C)(C)C)C(=O)N1Cc2ccc(Oc3cccc(Cl)c3)cc2CC1C(=O)N[C@]1(C(=O)OCC)C[C@H]1C=C.C=CCCCCC[C@H](NC(=O)OC(C)(C)C)C(=O)O. The molecule has 25 heteroatoms. The van der Waals surface area contributed by atoms with Crippen molar-refractivity contribution in [2.45, 2.75) is 231 Å². The van der Waals surface area contributed by atoms with Crippen molar-refractivity contribution < 1.29 is 81.4 Å². The highest BCUT2D eigenvalue weighted by Gasteiger charge is 2.63. The molecule has 23 nitrogen and oxygen atoms in total. The number of carboxylic acids is 1. The molecule has 0 radical (unpaired) electrons. The maximum Gasteiger partial charge on any atom is 0.411 e. The molecular formula is C81H106Cl2N6O17.